The van der Waals surface area contributed by atoms with Gasteiger partial charge < -0.3 is 17.9 Å². The molecule has 27 heavy (non-hydrogen) atoms. The predicted molar refractivity (Wildman–Crippen MR) is 103 cm³/mol. The molecule has 0 spiro atoms. The Balaban J connectivity index is 2.38. The van der Waals surface area contributed by atoms with Crippen LogP contribution in [0.3, 0.4) is 0 Å². The van der Waals surface area contributed by atoms with Crippen molar-refractivity contribution in [2.75, 3.05) is 0 Å². The van der Waals surface area contributed by atoms with Gasteiger partial charge in [-0.1, -0.05) is 34.6 Å². The van der Waals surface area contributed by atoms with Crippen LogP contribution in [-0.2, 0) is 20.5 Å². The zero-order valence-electron chi connectivity index (χ0n) is 16.9. The van der Waals surface area contributed by atoms with Crippen LogP contribution in [0.25, 0.3) is 0 Å². The van der Waals surface area contributed by atoms with E-state index in [1.165, 1.54) is 16.8 Å². The van der Waals surface area contributed by atoms with E-state index >= 15 is 0 Å². The summed E-state index contributed by atoms with van der Waals surface area (Å²) in [5.74, 6) is -0.171. The van der Waals surface area contributed by atoms with Crippen molar-refractivity contribution in [1.29, 1.82) is 0 Å². The van der Waals surface area contributed by atoms with Gasteiger partial charge in [0, 0.05) is 18.2 Å². The monoisotopic (exact) mass is 417 g/mol. The van der Waals surface area contributed by atoms with Crippen molar-refractivity contribution >= 4 is 19.7 Å². The molecular weight excluding hydrogens is 388 g/mol. The first-order chi connectivity index (χ1) is 12.4. The van der Waals surface area contributed by atoms with Crippen LogP contribution in [0.2, 0.25) is 18.1 Å². The highest BCUT2D eigenvalue weighted by Gasteiger charge is 2.48. The van der Waals surface area contributed by atoms with Crippen LogP contribution in [-0.4, -0.2) is 38.8 Å². The average molecular weight is 418 g/mol. The first kappa shape index (κ1) is 22.2. The molecule has 0 aliphatic carbocycles. The molecule has 1 fully saturated rings. The maximum atomic E-state index is 12.5. The van der Waals surface area contributed by atoms with Crippen LogP contribution < -0.4 is 9.87 Å². The van der Waals surface area contributed by atoms with Crippen LogP contribution in [0, 0.1) is 5.92 Å². The highest BCUT2D eigenvalue weighted by molar-refractivity contribution is 7.74. The number of ether oxygens (including phenoxy) is 1. The Labute approximate surface area is 163 Å². The lowest BCUT2D eigenvalue weighted by Gasteiger charge is -2.40. The molecule has 8 nitrogen and oxygen atoms in total. The van der Waals surface area contributed by atoms with Crippen LogP contribution in [0.5, 0.6) is 5.88 Å². The fourth-order valence-electron chi connectivity index (χ4n) is 2.93. The van der Waals surface area contributed by atoms with Gasteiger partial charge in [-0.15, -0.1) is 0 Å². The van der Waals surface area contributed by atoms with Gasteiger partial charge in [-0.05, 0) is 24.6 Å². The van der Waals surface area contributed by atoms with Crippen molar-refractivity contribution in [3.63, 3.8) is 0 Å². The first-order valence-electron chi connectivity index (χ1n) is 9.07. The lowest BCUT2D eigenvalue weighted by atomic mass is 9.99. The summed E-state index contributed by atoms with van der Waals surface area (Å²) < 4.78 is 39.8. The summed E-state index contributed by atoms with van der Waals surface area (Å²) >= 11 is -2.79. The second kappa shape index (κ2) is 8.12. The molecule has 2 unspecified atom stereocenters. The van der Waals surface area contributed by atoms with Gasteiger partial charge in [-0.2, -0.15) is 4.98 Å². The molecule has 0 amide bonds. The van der Waals surface area contributed by atoms with E-state index in [4.69, 9.17) is 9.16 Å². The Morgan fingerprint density at radius 2 is 2.04 bits per heavy atom. The van der Waals surface area contributed by atoms with Crippen molar-refractivity contribution in [3.05, 3.63) is 22.7 Å². The molecule has 5 atom stereocenters. The number of hydrogen-bond donors (Lipinski definition) is 0. The highest BCUT2D eigenvalue weighted by atomic mass is 32.2. The molecule has 1 aromatic heterocycles. The van der Waals surface area contributed by atoms with Gasteiger partial charge in [0.1, 0.15) is 11.4 Å². The highest BCUT2D eigenvalue weighted by Crippen LogP contribution is 2.43. The average Bonchev–Trinajstić information content (AvgIpc) is 2.82. The van der Waals surface area contributed by atoms with Crippen LogP contribution in [0.15, 0.2) is 17.1 Å². The van der Waals surface area contributed by atoms with Crippen molar-refractivity contribution in [1.82, 2.24) is 9.55 Å². The molecule has 1 aliphatic rings. The number of nitrogens with zero attached hydrogens (tertiary/aromatic N) is 2. The maximum absolute atomic E-state index is 12.5. The van der Waals surface area contributed by atoms with Crippen LogP contribution >= 0.6 is 0 Å². The van der Waals surface area contributed by atoms with Gasteiger partial charge in [0.15, 0.2) is 14.5 Å². The Kier molecular flexibility index (Phi) is 6.68. The van der Waals surface area contributed by atoms with E-state index in [1.807, 2.05) is 6.92 Å². The molecule has 0 N–H and O–H groups in total. The minimum absolute atomic E-state index is 0.0146. The topological polar surface area (TPSA) is 103 Å². The third kappa shape index (κ3) is 4.86. The van der Waals surface area contributed by atoms with Gasteiger partial charge in [-0.25, -0.2) is 9.00 Å². The lowest BCUT2D eigenvalue weighted by molar-refractivity contribution is -0.0371. The summed E-state index contributed by atoms with van der Waals surface area (Å²) in [4.78, 5) is 16.1. The number of rotatable bonds is 6. The summed E-state index contributed by atoms with van der Waals surface area (Å²) in [5.41, 5.74) is -0.643. The fraction of sp³-hybridized carbons (Fsp3) is 0.765. The van der Waals surface area contributed by atoms with Gasteiger partial charge in [0.05, 0.1) is 12.2 Å². The third-order valence-electron chi connectivity index (χ3n) is 5.57. The van der Waals surface area contributed by atoms with Crippen molar-refractivity contribution in [3.8, 4) is 5.88 Å². The normalized spacial score (nSPS) is 27.6. The van der Waals surface area contributed by atoms with E-state index in [0.717, 1.165) is 6.42 Å². The summed E-state index contributed by atoms with van der Waals surface area (Å²) in [6, 6.07) is 1.33. The van der Waals surface area contributed by atoms with Gasteiger partial charge in [0.2, 0.25) is 5.88 Å². The summed E-state index contributed by atoms with van der Waals surface area (Å²) in [7, 11) is -2.10. The van der Waals surface area contributed by atoms with E-state index < -0.39 is 31.6 Å². The van der Waals surface area contributed by atoms with Crippen LogP contribution in [0.4, 0.5) is 0 Å². The Morgan fingerprint density at radius 1 is 1.41 bits per heavy atom. The molecule has 1 saturated heterocycles. The summed E-state index contributed by atoms with van der Waals surface area (Å²) in [5, 5.41) is 0.0146. The molecule has 0 aromatic carbocycles. The zero-order valence-corrected chi connectivity index (χ0v) is 18.7. The van der Waals surface area contributed by atoms with E-state index in [-0.39, 0.29) is 29.0 Å². The van der Waals surface area contributed by atoms with Gasteiger partial charge in [-0.3, -0.25) is 4.57 Å². The van der Waals surface area contributed by atoms with E-state index in [0.29, 0.717) is 0 Å². The second-order valence-corrected chi connectivity index (χ2v) is 13.7. The SMILES string of the molecule is CC[C@H]1O[C@@H](n2ccc(OS(=O)[O-])nc2=O)C(O[Si](C)(C)C(C)(C)C)[C@H]1C. The Morgan fingerprint density at radius 3 is 2.52 bits per heavy atom. The molecule has 0 radical (unpaired) electrons. The molecule has 10 heteroatoms. The van der Waals surface area contributed by atoms with E-state index in [2.05, 4.69) is 50.0 Å². The molecule has 1 aromatic rings. The maximum Gasteiger partial charge on any atom is 0.353 e. The molecule has 2 rings (SSSR count). The number of aromatic nitrogens is 2. The Bertz CT molecular complexity index is 748. The van der Waals surface area contributed by atoms with Gasteiger partial charge in [0.25, 0.3) is 0 Å². The molecule has 2 heterocycles. The molecule has 0 bridgehead atoms. The molecule has 154 valence electrons. The van der Waals surface area contributed by atoms with Crippen LogP contribution in [0.1, 0.15) is 47.3 Å². The van der Waals surface area contributed by atoms with Crippen molar-refractivity contribution in [2.24, 2.45) is 5.92 Å². The molecular formula is C17H29N2O6SSi-. The molecule has 1 aliphatic heterocycles. The quantitative estimate of drug-likeness (QED) is 0.518. The van der Waals surface area contributed by atoms with E-state index in [9.17, 15) is 13.6 Å². The standard InChI is InChI=1S/C17H30N2O6SSi/c1-8-12-11(2)14(25-27(6,7)17(3,4)5)15(23-12)19-10-9-13(18-16(19)20)24-26(21)22/h9-12,14-15H,8H2,1-7H3,(H,21,22)/p-1/t11-,12+,14?,15+/m0/s1. The number of hydrogen-bond acceptors (Lipinski definition) is 7. The Hall–Kier alpha value is -1.07. The zero-order chi connectivity index (χ0) is 20.6. The largest absolute Gasteiger partial charge is 0.740 e. The fourth-order valence-corrected chi connectivity index (χ4v) is 4.53. The van der Waals surface area contributed by atoms with Gasteiger partial charge >= 0.3 is 5.69 Å². The smallest absolute Gasteiger partial charge is 0.353 e. The second-order valence-electron chi connectivity index (χ2n) is 8.42. The third-order valence-corrected chi connectivity index (χ3v) is 10.4. The summed E-state index contributed by atoms with van der Waals surface area (Å²) in [6.45, 7) is 14.9. The minimum atomic E-state index is -2.79. The molecule has 0 saturated carbocycles. The lowest BCUT2D eigenvalue weighted by Crippen LogP contribution is -2.47. The summed E-state index contributed by atoms with van der Waals surface area (Å²) in [6.07, 6.45) is 1.28. The predicted octanol–water partition coefficient (Wildman–Crippen LogP) is 2.75. The minimum Gasteiger partial charge on any atom is -0.740 e. The van der Waals surface area contributed by atoms with Crippen molar-refractivity contribution < 1.29 is 22.1 Å². The van der Waals surface area contributed by atoms with Crippen molar-refractivity contribution in [2.45, 2.75) is 77.6 Å². The van der Waals surface area contributed by atoms with E-state index in [1.54, 1.807) is 0 Å². The first-order valence-corrected chi connectivity index (χ1v) is 13.0.